The van der Waals surface area contributed by atoms with Crippen molar-refractivity contribution in [3.8, 4) is 11.3 Å². The van der Waals surface area contributed by atoms with Crippen molar-refractivity contribution in [1.29, 1.82) is 0 Å². The van der Waals surface area contributed by atoms with E-state index < -0.39 is 11.9 Å². The monoisotopic (exact) mass is 352 g/mol. The number of hydrogen-bond acceptors (Lipinski definition) is 5. The van der Waals surface area contributed by atoms with Gasteiger partial charge in [0.25, 0.3) is 0 Å². The number of rotatable bonds is 6. The number of anilines is 1. The van der Waals surface area contributed by atoms with Crippen LogP contribution in [0.15, 0.2) is 60.9 Å². The van der Waals surface area contributed by atoms with E-state index >= 15 is 0 Å². The van der Waals surface area contributed by atoms with Crippen LogP contribution in [-0.2, 0) is 0 Å². The maximum absolute atomic E-state index is 14.1. The molecule has 2 aromatic carbocycles. The first kappa shape index (κ1) is 18.0. The van der Waals surface area contributed by atoms with Crippen molar-refractivity contribution in [2.24, 2.45) is 5.73 Å². The van der Waals surface area contributed by atoms with E-state index in [0.29, 0.717) is 23.6 Å². The first-order valence-electron chi connectivity index (χ1n) is 8.39. The highest BCUT2D eigenvalue weighted by atomic mass is 19.1. The second-order valence-electron chi connectivity index (χ2n) is 6.10. The predicted octanol–water partition coefficient (Wildman–Crippen LogP) is 3.45. The molecule has 0 radical (unpaired) electrons. The van der Waals surface area contributed by atoms with Gasteiger partial charge in [-0.2, -0.15) is 0 Å². The minimum atomic E-state index is -0.855. The van der Waals surface area contributed by atoms with Gasteiger partial charge < -0.3 is 16.2 Å². The summed E-state index contributed by atoms with van der Waals surface area (Å²) in [6.07, 6.45) is 0.567. The van der Waals surface area contributed by atoms with Crippen LogP contribution in [0.2, 0.25) is 0 Å². The first-order valence-corrected chi connectivity index (χ1v) is 8.39. The molecule has 26 heavy (non-hydrogen) atoms. The number of nitrogens with one attached hydrogen (secondary N) is 1. The van der Waals surface area contributed by atoms with Gasteiger partial charge in [-0.05, 0) is 18.6 Å². The summed E-state index contributed by atoms with van der Waals surface area (Å²) in [5, 5.41) is 12.7. The van der Waals surface area contributed by atoms with E-state index in [0.717, 1.165) is 5.56 Å². The molecular weight excluding hydrogens is 331 g/mol. The molecule has 0 aliphatic carbocycles. The third-order valence-electron chi connectivity index (χ3n) is 4.14. The van der Waals surface area contributed by atoms with Crippen LogP contribution in [0.1, 0.15) is 30.2 Å². The summed E-state index contributed by atoms with van der Waals surface area (Å²) in [5.74, 6) is 0.151. The van der Waals surface area contributed by atoms with Gasteiger partial charge in [-0.15, -0.1) is 0 Å². The number of halogens is 1. The summed E-state index contributed by atoms with van der Waals surface area (Å²) < 4.78 is 14.1. The molecule has 1 aromatic heterocycles. The Morgan fingerprint density at radius 2 is 1.88 bits per heavy atom. The molecule has 0 amide bonds. The highest BCUT2D eigenvalue weighted by molar-refractivity contribution is 5.62. The minimum Gasteiger partial charge on any atom is -0.389 e. The predicted molar refractivity (Wildman–Crippen MR) is 99.9 cm³/mol. The number of benzene rings is 2. The van der Waals surface area contributed by atoms with Crippen molar-refractivity contribution in [1.82, 2.24) is 9.97 Å². The quantitative estimate of drug-likeness (QED) is 0.633. The zero-order valence-corrected chi connectivity index (χ0v) is 14.4. The van der Waals surface area contributed by atoms with Crippen molar-refractivity contribution in [3.05, 3.63) is 77.9 Å². The van der Waals surface area contributed by atoms with Gasteiger partial charge in [-0.3, -0.25) is 0 Å². The van der Waals surface area contributed by atoms with E-state index in [1.807, 2.05) is 30.3 Å². The summed E-state index contributed by atoms with van der Waals surface area (Å²) in [5.41, 5.74) is 8.67. The van der Waals surface area contributed by atoms with Gasteiger partial charge in [-0.25, -0.2) is 14.4 Å². The number of nitrogens with two attached hydrogens (primary N) is 1. The Balaban J connectivity index is 1.73. The fourth-order valence-electron chi connectivity index (χ4n) is 2.67. The molecule has 5 nitrogen and oxygen atoms in total. The number of aliphatic hydroxyl groups excluding tert-OH is 1. The van der Waals surface area contributed by atoms with E-state index in [-0.39, 0.29) is 11.6 Å². The maximum atomic E-state index is 14.1. The van der Waals surface area contributed by atoms with Gasteiger partial charge in [0, 0.05) is 29.8 Å². The van der Waals surface area contributed by atoms with Gasteiger partial charge in [0.1, 0.15) is 18.0 Å². The molecule has 0 spiro atoms. The normalized spacial score (nSPS) is 13.2. The zero-order valence-electron chi connectivity index (χ0n) is 14.4. The molecular formula is C20H21FN4O. The van der Waals surface area contributed by atoms with Crippen molar-refractivity contribution in [2.75, 3.05) is 11.9 Å². The topological polar surface area (TPSA) is 84.1 Å². The molecule has 3 aromatic rings. The van der Waals surface area contributed by atoms with Crippen LogP contribution in [-0.4, -0.2) is 21.6 Å². The molecule has 0 bridgehead atoms. The summed E-state index contributed by atoms with van der Waals surface area (Å²) in [4.78, 5) is 8.39. The Hall–Kier alpha value is -2.83. The lowest BCUT2D eigenvalue weighted by atomic mass is 10.0. The first-order chi connectivity index (χ1) is 12.5. The number of hydrogen-bond donors (Lipinski definition) is 3. The highest BCUT2D eigenvalue weighted by Crippen LogP contribution is 2.24. The zero-order chi connectivity index (χ0) is 18.5. The Morgan fingerprint density at radius 3 is 2.58 bits per heavy atom. The summed E-state index contributed by atoms with van der Waals surface area (Å²) in [7, 11) is 0. The molecule has 0 aliphatic heterocycles. The summed E-state index contributed by atoms with van der Waals surface area (Å²) in [6, 6.07) is 16.0. The van der Waals surface area contributed by atoms with Crippen molar-refractivity contribution < 1.29 is 9.50 Å². The fourth-order valence-corrected chi connectivity index (χ4v) is 2.67. The Bertz CT molecular complexity index is 871. The van der Waals surface area contributed by atoms with E-state index in [1.54, 1.807) is 18.2 Å². The Kier molecular flexibility index (Phi) is 5.55. The molecule has 0 fully saturated rings. The van der Waals surface area contributed by atoms with Gasteiger partial charge in [0.15, 0.2) is 0 Å². The molecule has 1 unspecified atom stereocenters. The van der Waals surface area contributed by atoms with Crippen LogP contribution in [0.3, 0.4) is 0 Å². The van der Waals surface area contributed by atoms with Crippen LogP contribution in [0, 0.1) is 5.82 Å². The lowest BCUT2D eigenvalue weighted by molar-refractivity contribution is 0.194. The Labute approximate surface area is 151 Å². The van der Waals surface area contributed by atoms with Crippen molar-refractivity contribution in [2.45, 2.75) is 19.1 Å². The smallest absolute Gasteiger partial charge is 0.130 e. The van der Waals surface area contributed by atoms with Crippen molar-refractivity contribution >= 4 is 5.82 Å². The van der Waals surface area contributed by atoms with Gasteiger partial charge in [-0.1, -0.05) is 42.5 Å². The minimum absolute atomic E-state index is 0.169. The lowest BCUT2D eigenvalue weighted by Gasteiger charge is -2.14. The van der Waals surface area contributed by atoms with Crippen LogP contribution in [0.5, 0.6) is 0 Å². The third kappa shape index (κ3) is 4.22. The molecule has 6 heteroatoms. The van der Waals surface area contributed by atoms with E-state index in [4.69, 9.17) is 5.73 Å². The lowest BCUT2D eigenvalue weighted by Crippen LogP contribution is -2.20. The number of nitrogens with zero attached hydrogens (tertiary/aromatic N) is 2. The molecule has 0 saturated heterocycles. The molecule has 3 rings (SSSR count). The second kappa shape index (κ2) is 8.03. The van der Waals surface area contributed by atoms with E-state index in [1.165, 1.54) is 19.3 Å². The highest BCUT2D eigenvalue weighted by Gasteiger charge is 2.11. The fraction of sp³-hybridized carbons (Fsp3) is 0.200. The Morgan fingerprint density at radius 1 is 1.12 bits per heavy atom. The van der Waals surface area contributed by atoms with Crippen LogP contribution in [0.25, 0.3) is 11.3 Å². The van der Waals surface area contributed by atoms with Gasteiger partial charge in [0.05, 0.1) is 11.8 Å². The van der Waals surface area contributed by atoms with Crippen molar-refractivity contribution in [3.63, 3.8) is 0 Å². The summed E-state index contributed by atoms with van der Waals surface area (Å²) in [6.45, 7) is 2.04. The molecule has 0 saturated carbocycles. The number of aromatic nitrogens is 2. The molecule has 1 heterocycles. The van der Waals surface area contributed by atoms with Gasteiger partial charge in [0.2, 0.25) is 0 Å². The standard InChI is InChI=1S/C20H21FN4O/c1-13(26)16-8-7-15(9-17(16)21)19-10-20(25-12-24-19)23-11-18(22)14-5-3-2-4-6-14/h2-10,12-13,18,26H,11,22H2,1H3,(H,23,24,25)/t13?,18-/m0/s1. The third-order valence-corrected chi connectivity index (χ3v) is 4.14. The average molecular weight is 352 g/mol. The van der Waals surface area contributed by atoms with Crippen LogP contribution < -0.4 is 11.1 Å². The maximum Gasteiger partial charge on any atom is 0.130 e. The molecule has 0 aliphatic rings. The van der Waals surface area contributed by atoms with E-state index in [9.17, 15) is 9.50 Å². The average Bonchev–Trinajstić information content (AvgIpc) is 2.66. The molecule has 134 valence electrons. The molecule has 2 atom stereocenters. The second-order valence-corrected chi connectivity index (χ2v) is 6.10. The summed E-state index contributed by atoms with van der Waals surface area (Å²) >= 11 is 0. The molecule has 4 N–H and O–H groups in total. The van der Waals surface area contributed by atoms with Crippen LogP contribution >= 0.6 is 0 Å². The van der Waals surface area contributed by atoms with Gasteiger partial charge >= 0.3 is 0 Å². The van der Waals surface area contributed by atoms with E-state index in [2.05, 4.69) is 15.3 Å². The largest absolute Gasteiger partial charge is 0.389 e. The SMILES string of the molecule is CC(O)c1ccc(-c2cc(NC[C@H](N)c3ccccc3)ncn2)cc1F. The van der Waals surface area contributed by atoms with Crippen LogP contribution in [0.4, 0.5) is 10.2 Å². The number of aliphatic hydroxyl groups is 1.